The second-order valence-corrected chi connectivity index (χ2v) is 3.58. The van der Waals surface area contributed by atoms with E-state index >= 15 is 0 Å². The number of hydrogen-bond donors (Lipinski definition) is 1. The lowest BCUT2D eigenvalue weighted by Crippen LogP contribution is -2.21. The van der Waals surface area contributed by atoms with E-state index in [0.717, 1.165) is 12.8 Å². The van der Waals surface area contributed by atoms with Gasteiger partial charge in [0.05, 0.1) is 6.10 Å². The van der Waals surface area contributed by atoms with E-state index in [0.29, 0.717) is 12.0 Å². The first-order valence-electron chi connectivity index (χ1n) is 5.09. The van der Waals surface area contributed by atoms with Crippen molar-refractivity contribution in [1.29, 1.82) is 0 Å². The summed E-state index contributed by atoms with van der Waals surface area (Å²) in [7, 11) is 1.50. The van der Waals surface area contributed by atoms with E-state index in [1.165, 1.54) is 13.2 Å². The van der Waals surface area contributed by atoms with Gasteiger partial charge in [0.2, 0.25) is 0 Å². The Morgan fingerprint density at radius 2 is 2.38 bits per heavy atom. The zero-order chi connectivity index (χ0) is 11.5. The molecule has 0 radical (unpaired) electrons. The van der Waals surface area contributed by atoms with E-state index in [1.54, 1.807) is 6.07 Å². The minimum Gasteiger partial charge on any atom is -0.489 e. The fourth-order valence-corrected chi connectivity index (χ4v) is 1.37. The number of nitrogens with zero attached hydrogens (tertiary/aromatic N) is 1. The minimum atomic E-state index is -0.356. The van der Waals surface area contributed by atoms with E-state index in [-0.39, 0.29) is 23.3 Å². The van der Waals surface area contributed by atoms with Gasteiger partial charge < -0.3 is 10.1 Å². The molecule has 16 heavy (non-hydrogen) atoms. The van der Waals surface area contributed by atoms with Crippen LogP contribution in [0.15, 0.2) is 12.3 Å². The van der Waals surface area contributed by atoms with Gasteiger partial charge in [-0.15, -0.1) is 0 Å². The van der Waals surface area contributed by atoms with Crippen molar-refractivity contribution in [3.8, 4) is 5.75 Å². The Hall–Kier alpha value is -1.91. The van der Waals surface area contributed by atoms with Gasteiger partial charge in [-0.25, -0.2) is 0 Å². The number of carbonyl (C=O) groups excluding carboxylic acids is 2. The number of carbonyl (C=O) groups is 2. The number of hydrogen-bond acceptors (Lipinski definition) is 4. The van der Waals surface area contributed by atoms with Gasteiger partial charge in [0.1, 0.15) is 17.0 Å². The van der Waals surface area contributed by atoms with Gasteiger partial charge in [-0.05, 0) is 18.9 Å². The summed E-state index contributed by atoms with van der Waals surface area (Å²) in [6, 6.07) is 1.61. The number of aromatic nitrogens is 1. The first-order valence-corrected chi connectivity index (χ1v) is 5.09. The summed E-state index contributed by atoms with van der Waals surface area (Å²) >= 11 is 0. The van der Waals surface area contributed by atoms with Gasteiger partial charge in [0.25, 0.3) is 5.91 Å². The summed E-state index contributed by atoms with van der Waals surface area (Å²) in [5.41, 5.74) is 0.324. The van der Waals surface area contributed by atoms with Crippen molar-refractivity contribution in [3.63, 3.8) is 0 Å². The molecule has 1 saturated carbocycles. The molecule has 1 heterocycles. The first kappa shape index (κ1) is 10.6. The Kier molecular flexibility index (Phi) is 2.85. The fourth-order valence-electron chi connectivity index (χ4n) is 1.37. The molecule has 1 aromatic rings. The summed E-state index contributed by atoms with van der Waals surface area (Å²) in [6.07, 6.45) is 4.18. The SMILES string of the molecule is CNC(=O)c1c(OC2CC2)ccnc1C=O. The lowest BCUT2D eigenvalue weighted by molar-refractivity contribution is 0.0951. The van der Waals surface area contributed by atoms with Crippen molar-refractivity contribution in [2.24, 2.45) is 0 Å². The molecule has 84 valence electrons. The second kappa shape index (κ2) is 4.30. The molecule has 1 aliphatic rings. The summed E-state index contributed by atoms with van der Waals surface area (Å²) < 4.78 is 5.56. The Morgan fingerprint density at radius 3 is 2.94 bits per heavy atom. The molecule has 2 rings (SSSR count). The predicted octanol–water partition coefficient (Wildman–Crippen LogP) is 0.795. The summed E-state index contributed by atoms with van der Waals surface area (Å²) in [6.45, 7) is 0. The highest BCUT2D eigenvalue weighted by molar-refractivity contribution is 6.02. The largest absolute Gasteiger partial charge is 0.489 e. The summed E-state index contributed by atoms with van der Waals surface area (Å²) in [4.78, 5) is 26.3. The highest BCUT2D eigenvalue weighted by atomic mass is 16.5. The van der Waals surface area contributed by atoms with E-state index in [1.807, 2.05) is 0 Å². The maximum atomic E-state index is 11.6. The third kappa shape index (κ3) is 2.03. The molecule has 1 N–H and O–H groups in total. The summed E-state index contributed by atoms with van der Waals surface area (Å²) in [5, 5.41) is 2.47. The molecular weight excluding hydrogens is 208 g/mol. The molecule has 5 heteroatoms. The van der Waals surface area contributed by atoms with Crippen molar-refractivity contribution in [3.05, 3.63) is 23.5 Å². The standard InChI is InChI=1S/C11H12N2O3/c1-12-11(15)10-8(6-14)13-5-4-9(10)16-7-2-3-7/h4-7H,2-3H2,1H3,(H,12,15). The summed E-state index contributed by atoms with van der Waals surface area (Å²) in [5.74, 6) is 0.0739. The maximum Gasteiger partial charge on any atom is 0.257 e. The number of amides is 1. The molecule has 0 aromatic carbocycles. The highest BCUT2D eigenvalue weighted by Gasteiger charge is 2.27. The molecule has 0 bridgehead atoms. The number of ether oxygens (including phenoxy) is 1. The number of aldehydes is 1. The van der Waals surface area contributed by atoms with Gasteiger partial charge in [-0.1, -0.05) is 0 Å². The average Bonchev–Trinajstić information content (AvgIpc) is 3.11. The molecule has 0 saturated heterocycles. The van der Waals surface area contributed by atoms with Crippen LogP contribution in [-0.4, -0.2) is 30.3 Å². The van der Waals surface area contributed by atoms with Gasteiger partial charge in [-0.3, -0.25) is 14.6 Å². The average molecular weight is 220 g/mol. The zero-order valence-corrected chi connectivity index (χ0v) is 8.90. The Balaban J connectivity index is 2.40. The smallest absolute Gasteiger partial charge is 0.257 e. The number of pyridine rings is 1. The van der Waals surface area contributed by atoms with Crippen LogP contribution in [0.4, 0.5) is 0 Å². The number of rotatable bonds is 4. The molecular formula is C11H12N2O3. The topological polar surface area (TPSA) is 68.3 Å². The molecule has 5 nitrogen and oxygen atoms in total. The lowest BCUT2D eigenvalue weighted by Gasteiger charge is -2.10. The first-order chi connectivity index (χ1) is 7.76. The Labute approximate surface area is 92.8 Å². The van der Waals surface area contributed by atoms with E-state index < -0.39 is 0 Å². The van der Waals surface area contributed by atoms with Crippen molar-refractivity contribution >= 4 is 12.2 Å². The van der Waals surface area contributed by atoms with Crippen molar-refractivity contribution < 1.29 is 14.3 Å². The third-order valence-corrected chi connectivity index (χ3v) is 2.33. The van der Waals surface area contributed by atoms with Gasteiger partial charge in [0, 0.05) is 13.2 Å². The Bertz CT molecular complexity index is 427. The van der Waals surface area contributed by atoms with Crippen molar-refractivity contribution in [2.75, 3.05) is 7.05 Å². The Morgan fingerprint density at radius 1 is 1.62 bits per heavy atom. The van der Waals surface area contributed by atoms with Gasteiger partial charge >= 0.3 is 0 Å². The molecule has 1 amide bonds. The molecule has 1 fully saturated rings. The van der Waals surface area contributed by atoms with Crippen LogP contribution in [-0.2, 0) is 0 Å². The van der Waals surface area contributed by atoms with Crippen LogP contribution in [0.2, 0.25) is 0 Å². The fraction of sp³-hybridized carbons (Fsp3) is 0.364. The van der Waals surface area contributed by atoms with E-state index in [2.05, 4.69) is 10.3 Å². The second-order valence-electron chi connectivity index (χ2n) is 3.58. The van der Waals surface area contributed by atoms with E-state index in [9.17, 15) is 9.59 Å². The van der Waals surface area contributed by atoms with E-state index in [4.69, 9.17) is 4.74 Å². The zero-order valence-electron chi connectivity index (χ0n) is 8.90. The van der Waals surface area contributed by atoms with Gasteiger partial charge in [0.15, 0.2) is 6.29 Å². The predicted molar refractivity (Wildman–Crippen MR) is 56.7 cm³/mol. The lowest BCUT2D eigenvalue weighted by atomic mass is 10.1. The monoisotopic (exact) mass is 220 g/mol. The van der Waals surface area contributed by atoms with Crippen LogP contribution >= 0.6 is 0 Å². The van der Waals surface area contributed by atoms with Gasteiger partial charge in [-0.2, -0.15) is 0 Å². The molecule has 1 aliphatic carbocycles. The molecule has 0 atom stereocenters. The number of nitrogens with one attached hydrogen (secondary N) is 1. The molecule has 1 aromatic heterocycles. The third-order valence-electron chi connectivity index (χ3n) is 2.33. The molecule has 0 aliphatic heterocycles. The van der Waals surface area contributed by atoms with Crippen LogP contribution in [0.5, 0.6) is 5.75 Å². The van der Waals surface area contributed by atoms with Crippen LogP contribution in [0.3, 0.4) is 0 Å². The van der Waals surface area contributed by atoms with Crippen LogP contribution in [0.25, 0.3) is 0 Å². The van der Waals surface area contributed by atoms with Crippen LogP contribution in [0, 0.1) is 0 Å². The van der Waals surface area contributed by atoms with Crippen molar-refractivity contribution in [2.45, 2.75) is 18.9 Å². The maximum absolute atomic E-state index is 11.6. The minimum absolute atomic E-state index is 0.109. The van der Waals surface area contributed by atoms with Crippen LogP contribution in [0.1, 0.15) is 33.7 Å². The van der Waals surface area contributed by atoms with Crippen molar-refractivity contribution in [1.82, 2.24) is 10.3 Å². The normalized spacial score (nSPS) is 14.3. The van der Waals surface area contributed by atoms with Crippen LogP contribution < -0.4 is 10.1 Å². The molecule has 0 spiro atoms. The quantitative estimate of drug-likeness (QED) is 0.762. The highest BCUT2D eigenvalue weighted by Crippen LogP contribution is 2.29. The molecule has 0 unspecified atom stereocenters.